The summed E-state index contributed by atoms with van der Waals surface area (Å²) in [4.78, 5) is 25.6. The molecule has 0 aliphatic rings. The topological polar surface area (TPSA) is 249 Å². The molecular weight excluding hydrogens is 1820 g/mol. The van der Waals surface area contributed by atoms with Crippen molar-refractivity contribution in [3.05, 3.63) is 0 Å². The molecule has 0 atom stereocenters. The molecule has 0 amide bonds. The van der Waals surface area contributed by atoms with Crippen LogP contribution in [0.3, 0.4) is 0 Å². The quantitative estimate of drug-likeness (QED) is 0.0344. The van der Waals surface area contributed by atoms with Crippen molar-refractivity contribution in [3.63, 3.8) is 0 Å². The van der Waals surface area contributed by atoms with Gasteiger partial charge in [-0.2, -0.15) is 257 Å². The number of halogens is 57. The van der Waals surface area contributed by atoms with Gasteiger partial charge in [-0.1, -0.05) is 0 Å². The fraction of sp³-hybridized carbons (Fsp3) is 1.00. The van der Waals surface area contributed by atoms with E-state index in [1.165, 1.54) is 0 Å². The van der Waals surface area contributed by atoms with Crippen molar-refractivity contribution < 1.29 is 324 Å². The van der Waals surface area contributed by atoms with E-state index in [0.717, 1.165) is 0 Å². The van der Waals surface area contributed by atoms with Gasteiger partial charge in [0.05, 0.1) is 26.9 Å². The van der Waals surface area contributed by atoms with Gasteiger partial charge in [0.25, 0.3) is 0 Å². The van der Waals surface area contributed by atoms with Crippen molar-refractivity contribution in [3.8, 4) is 0 Å². The zero-order chi connectivity index (χ0) is 89.7. The monoisotopic (exact) mass is 1830 g/mol. The van der Waals surface area contributed by atoms with Gasteiger partial charge in [0.15, 0.2) is 32.6 Å². The van der Waals surface area contributed by atoms with Crippen LogP contribution >= 0.6 is 7.82 Å². The summed E-state index contributed by atoms with van der Waals surface area (Å²) < 4.78 is 797. The van der Waals surface area contributed by atoms with Crippen LogP contribution in [-0.4, -0.2) is 234 Å². The van der Waals surface area contributed by atoms with Crippen LogP contribution in [0.2, 0.25) is 0 Å². The molecule has 77 heteroatoms. The van der Waals surface area contributed by atoms with E-state index in [1.54, 1.807) is 0 Å². The molecule has 16 nitrogen and oxygen atoms in total. The van der Waals surface area contributed by atoms with Crippen LogP contribution in [0.15, 0.2) is 0 Å². The van der Waals surface area contributed by atoms with E-state index in [9.17, 15) is 276 Å². The van der Waals surface area contributed by atoms with Crippen LogP contribution < -0.4 is 14.7 Å². The maximum atomic E-state index is 13.4. The Balaban J connectivity index is -0.000000719. The Kier molecular flexibility index (Phi) is 29.9. The third-order valence-corrected chi connectivity index (χ3v) is 16.6. The number of aliphatic hydroxyl groups is 3. The molecule has 0 aromatic heterocycles. The Morgan fingerprint density at radius 3 is 0.383 bits per heavy atom. The van der Waals surface area contributed by atoms with Gasteiger partial charge < -0.3 is 34.6 Å². The molecule has 0 spiro atoms. The first-order valence-corrected chi connectivity index (χ1v) is 28.0. The van der Waals surface area contributed by atoms with Gasteiger partial charge >= 0.3 is 171 Å². The fourth-order valence-electron chi connectivity index (χ4n) is 5.15. The number of sulfonamides is 3. The highest BCUT2D eigenvalue weighted by atomic mass is 32.2. The molecule has 0 rings (SSSR count). The van der Waals surface area contributed by atoms with E-state index in [2.05, 4.69) is 0 Å². The first kappa shape index (κ1) is 109. The highest BCUT2D eigenvalue weighted by Crippen LogP contribution is 2.69. The van der Waals surface area contributed by atoms with Crippen molar-refractivity contribution in [2.75, 3.05) is 39.5 Å². The van der Waals surface area contributed by atoms with Crippen molar-refractivity contribution in [2.24, 2.45) is 0 Å². The Bertz CT molecular complexity index is 3100. The van der Waals surface area contributed by atoms with Gasteiger partial charge in [-0.3, -0.25) is 0 Å². The number of phosphoric acid groups is 1. The third-order valence-electron chi connectivity index (χ3n) is 11.2. The molecule has 0 saturated heterocycles. The smallest absolute Gasteiger partial charge is 0.471 e. The highest BCUT2D eigenvalue weighted by Gasteiger charge is 3.01. The summed E-state index contributed by atoms with van der Waals surface area (Å²) in [5.74, 6) is -160. The Morgan fingerprint density at radius 1 is 0.215 bits per heavy atom. The molecule has 107 heavy (non-hydrogen) atoms. The highest BCUT2D eigenvalue weighted by molar-refractivity contribution is 7.87. The van der Waals surface area contributed by atoms with Gasteiger partial charge in [0.2, 0.25) is 0 Å². The number of quaternary nitrogens is 3. The molecule has 0 bridgehead atoms. The van der Waals surface area contributed by atoms with Crippen LogP contribution in [0.4, 0.5) is 251 Å². The lowest BCUT2D eigenvalue weighted by Gasteiger charge is -2.42. The van der Waals surface area contributed by atoms with E-state index in [1.807, 2.05) is 0 Å². The lowest BCUT2D eigenvalue weighted by atomic mass is 9.91. The van der Waals surface area contributed by atoms with Gasteiger partial charge in [0, 0.05) is 0 Å². The van der Waals surface area contributed by atoms with Crippen molar-refractivity contribution >= 4 is 37.9 Å². The van der Waals surface area contributed by atoms with Gasteiger partial charge in [-0.05, 0) is 0 Å². The number of alkyl halides is 51. The van der Waals surface area contributed by atoms with Crippen LogP contribution in [-0.2, 0) is 34.6 Å². The van der Waals surface area contributed by atoms with E-state index >= 15 is 0 Å². The number of hydrogen-bond acceptors (Lipinski definition) is 13. The molecule has 650 valence electrons. The average molecular weight is 1840 g/mol. The fourth-order valence-corrected chi connectivity index (χ4v) is 8.48. The lowest BCUT2D eigenvalue weighted by Crippen LogP contribution is -2.75. The number of aliphatic hydroxyl groups excluding tert-OH is 3. The first-order chi connectivity index (χ1) is 44.9. The maximum absolute atomic E-state index is 13.4. The molecule has 0 aromatic rings. The minimum absolute atomic E-state index is 2.24. The number of hydrogen-bond donors (Lipinski definition) is 3. The minimum Gasteiger partial charge on any atom is -0.822 e. The Hall–Kier alpha value is -4.27. The Morgan fingerprint density at radius 2 is 0.299 bits per heavy atom. The molecule has 0 saturated carbocycles. The van der Waals surface area contributed by atoms with Crippen LogP contribution in [0.5, 0.6) is 0 Å². The summed E-state index contributed by atoms with van der Waals surface area (Å²) in [7, 11) is -31.3. The molecule has 0 radical (unpaired) electrons. The third kappa shape index (κ3) is 16.1. The summed E-state index contributed by atoms with van der Waals surface area (Å²) in [5.41, 5.74) is 0. The van der Waals surface area contributed by atoms with E-state index in [0.29, 0.717) is 0 Å². The predicted molar refractivity (Wildman–Crippen MR) is 200 cm³/mol. The molecule has 0 aromatic carbocycles. The zero-order valence-corrected chi connectivity index (χ0v) is 49.6. The predicted octanol–water partition coefficient (Wildman–Crippen LogP) is 11.8. The maximum Gasteiger partial charge on any atom is 0.471 e. The molecule has 0 unspecified atom stereocenters. The van der Waals surface area contributed by atoms with Crippen molar-refractivity contribution in [1.82, 2.24) is 0 Å². The SMILES string of the molecule is O=P([O-])([O-])[O-].O=S(=O)(C(F)(F)C(F)(F)C(F)(F)C(F)(F)C(F)(F)C(F)(F)C(F)(F)C(F)(F)F)[N+](F)(F)CCO.O=S(=O)(C(F)(F)C(F)(F)C(F)(F)C(F)(F)C(F)(F)C(F)(F)C(F)(F)C(F)(F)F)[N+](F)(F)CCO.O=S(=O)(C(F)(F)C(F)(F)C(F)(F)C(F)(F)C(F)(F)C(F)(F)C(F)(F)C(F)(F)F)[N+](F)(F)CCO. The number of nitrogens with zero attached hydrogens (tertiary/aromatic N) is 3. The summed E-state index contributed by atoms with van der Waals surface area (Å²) in [6.07, 6.45) is -23.9. The molecule has 0 aliphatic heterocycles. The lowest BCUT2D eigenvalue weighted by molar-refractivity contribution is -1.07. The average Bonchev–Trinajstić information content (AvgIpc) is 0.695. The first-order valence-electron chi connectivity index (χ1n) is 22.2. The van der Waals surface area contributed by atoms with E-state index in [4.69, 9.17) is 34.6 Å². The summed E-state index contributed by atoms with van der Waals surface area (Å²) in [5, 5.41) is -0.866. The van der Waals surface area contributed by atoms with Crippen LogP contribution in [0.25, 0.3) is 0 Å². The molecule has 0 fully saturated rings. The minimum atomic E-state index is -9.11. The molecular formula is C30H15F57N3O13PS3. The van der Waals surface area contributed by atoms with Crippen molar-refractivity contribution in [1.29, 1.82) is 0 Å². The summed E-state index contributed by atoms with van der Waals surface area (Å²) in [6.45, 7) is -15.4. The molecule has 0 aliphatic carbocycles. The summed E-state index contributed by atoms with van der Waals surface area (Å²) in [6, 6.07) is 0. The summed E-state index contributed by atoms with van der Waals surface area (Å²) >= 11 is 0. The van der Waals surface area contributed by atoms with Crippen molar-refractivity contribution in [2.45, 2.75) is 141 Å². The van der Waals surface area contributed by atoms with Gasteiger partial charge in [0.1, 0.15) is 19.8 Å². The number of rotatable bonds is 30. The largest absolute Gasteiger partial charge is 0.822 e. The second-order valence-electron chi connectivity index (χ2n) is 18.3. The Labute approximate surface area is 542 Å². The molecule has 0 heterocycles. The van der Waals surface area contributed by atoms with Gasteiger partial charge in [-0.15, -0.1) is 0 Å². The van der Waals surface area contributed by atoms with Crippen LogP contribution in [0.1, 0.15) is 0 Å². The molecule has 3 N–H and O–H groups in total. The second kappa shape index (κ2) is 29.3. The normalized spacial score (nSPS) is 16.5. The van der Waals surface area contributed by atoms with E-state index < -0.39 is 231 Å². The standard InChI is InChI=1S/3C10H5F19NO3S.H3O4P/c3*11-3(12,5(15,16)7(19,20)9(23,24)25)4(13,14)6(17,18)8(21,22)10(26,27)34(32,33)30(28,29)1-2-31;1-5(2,3)4/h3*31H,1-2H2;(H3,1,2,3,4)/q3*+1;/p-3. The van der Waals surface area contributed by atoms with E-state index in [-0.39, 0.29) is 0 Å². The second-order valence-corrected chi connectivity index (χ2v) is 25.2. The van der Waals surface area contributed by atoms with Gasteiger partial charge in [-0.25, -0.2) is 0 Å². The van der Waals surface area contributed by atoms with Crippen LogP contribution in [0, 0.1) is 0 Å². The zero-order valence-electron chi connectivity index (χ0n) is 46.2.